The second-order valence-electron chi connectivity index (χ2n) is 5.22. The highest BCUT2D eigenvalue weighted by molar-refractivity contribution is 5.96. The van der Waals surface area contributed by atoms with E-state index in [1.165, 1.54) is 12.7 Å². The van der Waals surface area contributed by atoms with Gasteiger partial charge < -0.3 is 15.4 Å². The van der Waals surface area contributed by atoms with E-state index in [9.17, 15) is 9.59 Å². The van der Waals surface area contributed by atoms with E-state index in [1.807, 2.05) is 32.0 Å². The predicted molar refractivity (Wildman–Crippen MR) is 90.8 cm³/mol. The minimum absolute atomic E-state index is 0.146. The number of hydrogen-bond acceptors (Lipinski definition) is 4. The van der Waals surface area contributed by atoms with E-state index >= 15 is 0 Å². The summed E-state index contributed by atoms with van der Waals surface area (Å²) in [5.74, 6) is -0.623. The molecule has 0 aliphatic rings. The van der Waals surface area contributed by atoms with Crippen LogP contribution in [0.15, 0.2) is 42.5 Å². The molecule has 2 aromatic rings. The lowest BCUT2D eigenvalue weighted by Gasteiger charge is -2.12. The van der Waals surface area contributed by atoms with Crippen molar-refractivity contribution in [2.45, 2.75) is 13.8 Å². The Labute approximate surface area is 135 Å². The van der Waals surface area contributed by atoms with Crippen molar-refractivity contribution in [1.82, 2.24) is 0 Å². The number of aryl methyl sites for hydroxylation is 1. The molecule has 23 heavy (non-hydrogen) atoms. The molecule has 5 heteroatoms. The first-order chi connectivity index (χ1) is 11.0. The smallest absolute Gasteiger partial charge is 0.337 e. The van der Waals surface area contributed by atoms with Crippen molar-refractivity contribution < 1.29 is 14.3 Å². The molecule has 5 nitrogen and oxygen atoms in total. The number of carbonyl (C=O) groups is 2. The van der Waals surface area contributed by atoms with E-state index < -0.39 is 5.97 Å². The first kappa shape index (κ1) is 16.5. The highest BCUT2D eigenvalue weighted by atomic mass is 16.5. The maximum Gasteiger partial charge on any atom is 0.337 e. The van der Waals surface area contributed by atoms with Gasteiger partial charge in [-0.05, 0) is 49.2 Å². The normalized spacial score (nSPS) is 10.0. The molecule has 0 radical (unpaired) electrons. The van der Waals surface area contributed by atoms with E-state index in [0.717, 1.165) is 11.3 Å². The van der Waals surface area contributed by atoms with Gasteiger partial charge in [-0.1, -0.05) is 18.2 Å². The van der Waals surface area contributed by atoms with Crippen LogP contribution in [0.2, 0.25) is 0 Å². The standard InChI is InChI=1S/C18H20N2O3/c1-12-6-4-9-16(13(12)2)19-11-17(21)20-15-8-5-7-14(10-15)18(22)23-3/h4-10,19H,11H2,1-3H3,(H,20,21). The van der Waals surface area contributed by atoms with Crippen molar-refractivity contribution in [1.29, 1.82) is 0 Å². The third-order valence-electron chi connectivity index (χ3n) is 3.61. The summed E-state index contributed by atoms with van der Waals surface area (Å²) in [5, 5.41) is 5.88. The highest BCUT2D eigenvalue weighted by Crippen LogP contribution is 2.17. The average molecular weight is 312 g/mol. The molecule has 0 aliphatic heterocycles. The second kappa shape index (κ2) is 7.45. The van der Waals surface area contributed by atoms with Crippen molar-refractivity contribution in [3.8, 4) is 0 Å². The Morgan fingerprint density at radius 2 is 1.83 bits per heavy atom. The van der Waals surface area contributed by atoms with Crippen LogP contribution in [0.25, 0.3) is 0 Å². The van der Waals surface area contributed by atoms with Crippen LogP contribution in [0, 0.1) is 13.8 Å². The lowest BCUT2D eigenvalue weighted by atomic mass is 10.1. The van der Waals surface area contributed by atoms with Crippen LogP contribution in [-0.2, 0) is 9.53 Å². The molecule has 0 bridgehead atoms. The van der Waals surface area contributed by atoms with Gasteiger partial charge in [-0.2, -0.15) is 0 Å². The highest BCUT2D eigenvalue weighted by Gasteiger charge is 2.08. The van der Waals surface area contributed by atoms with Gasteiger partial charge in [0.25, 0.3) is 0 Å². The first-order valence-corrected chi connectivity index (χ1v) is 7.29. The van der Waals surface area contributed by atoms with Crippen LogP contribution >= 0.6 is 0 Å². The number of hydrogen-bond donors (Lipinski definition) is 2. The minimum Gasteiger partial charge on any atom is -0.465 e. The Morgan fingerprint density at radius 1 is 1.09 bits per heavy atom. The van der Waals surface area contributed by atoms with E-state index in [-0.39, 0.29) is 12.5 Å². The lowest BCUT2D eigenvalue weighted by molar-refractivity contribution is -0.114. The minimum atomic E-state index is -0.436. The van der Waals surface area contributed by atoms with Crippen LogP contribution in [0.4, 0.5) is 11.4 Å². The first-order valence-electron chi connectivity index (χ1n) is 7.29. The fourth-order valence-electron chi connectivity index (χ4n) is 2.17. The van der Waals surface area contributed by atoms with Gasteiger partial charge in [0, 0.05) is 11.4 Å². The fraction of sp³-hybridized carbons (Fsp3) is 0.222. The second-order valence-corrected chi connectivity index (χ2v) is 5.22. The van der Waals surface area contributed by atoms with Crippen LogP contribution < -0.4 is 10.6 Å². The number of rotatable bonds is 5. The maximum atomic E-state index is 12.0. The van der Waals surface area contributed by atoms with E-state index in [2.05, 4.69) is 15.4 Å². The van der Waals surface area contributed by atoms with Crippen molar-refractivity contribution in [3.63, 3.8) is 0 Å². The summed E-state index contributed by atoms with van der Waals surface area (Å²) >= 11 is 0. The molecular formula is C18H20N2O3. The van der Waals surface area contributed by atoms with Crippen LogP contribution in [0.1, 0.15) is 21.5 Å². The number of anilines is 2. The van der Waals surface area contributed by atoms with E-state index in [1.54, 1.807) is 24.3 Å². The molecule has 0 heterocycles. The zero-order valence-electron chi connectivity index (χ0n) is 13.5. The van der Waals surface area contributed by atoms with Gasteiger partial charge in [0.2, 0.25) is 5.91 Å². The number of nitrogens with one attached hydrogen (secondary N) is 2. The third-order valence-corrected chi connectivity index (χ3v) is 3.61. The van der Waals surface area contributed by atoms with E-state index in [4.69, 9.17) is 0 Å². The van der Waals surface area contributed by atoms with Gasteiger partial charge in [-0.15, -0.1) is 0 Å². The molecule has 0 aromatic heterocycles. The zero-order valence-corrected chi connectivity index (χ0v) is 13.5. The number of benzene rings is 2. The molecule has 1 amide bonds. The van der Waals surface area contributed by atoms with Gasteiger partial charge in [0.1, 0.15) is 0 Å². The molecule has 0 aliphatic carbocycles. The molecule has 0 saturated carbocycles. The van der Waals surface area contributed by atoms with Gasteiger partial charge >= 0.3 is 5.97 Å². The SMILES string of the molecule is COC(=O)c1cccc(NC(=O)CNc2cccc(C)c2C)c1. The molecule has 120 valence electrons. The maximum absolute atomic E-state index is 12.0. The molecule has 0 unspecified atom stereocenters. The zero-order chi connectivity index (χ0) is 16.8. The summed E-state index contributed by atoms with van der Waals surface area (Å²) in [5.41, 5.74) is 4.17. The Kier molecular flexibility index (Phi) is 5.36. The molecule has 2 aromatic carbocycles. The summed E-state index contributed by atoms with van der Waals surface area (Å²) in [6, 6.07) is 12.6. The van der Waals surface area contributed by atoms with Crippen LogP contribution in [-0.4, -0.2) is 25.5 Å². The topological polar surface area (TPSA) is 67.4 Å². The predicted octanol–water partition coefficient (Wildman–Crippen LogP) is 3.14. The van der Waals surface area contributed by atoms with Crippen molar-refractivity contribution >= 4 is 23.3 Å². The molecule has 2 rings (SSSR count). The fourth-order valence-corrected chi connectivity index (χ4v) is 2.17. The van der Waals surface area contributed by atoms with Crippen LogP contribution in [0.3, 0.4) is 0 Å². The number of carbonyl (C=O) groups excluding carboxylic acids is 2. The Bertz CT molecular complexity index is 726. The van der Waals surface area contributed by atoms with Gasteiger partial charge in [-0.25, -0.2) is 4.79 Å². The summed E-state index contributed by atoms with van der Waals surface area (Å²) in [7, 11) is 1.32. The number of methoxy groups -OCH3 is 1. The Hall–Kier alpha value is -2.82. The Balaban J connectivity index is 1.97. The molecular weight excluding hydrogens is 292 g/mol. The molecule has 0 spiro atoms. The average Bonchev–Trinajstić information content (AvgIpc) is 2.55. The molecule has 0 saturated heterocycles. The Morgan fingerprint density at radius 3 is 2.57 bits per heavy atom. The van der Waals surface area contributed by atoms with Gasteiger partial charge in [-0.3, -0.25) is 4.79 Å². The number of amides is 1. The summed E-state index contributed by atoms with van der Waals surface area (Å²) in [4.78, 5) is 23.5. The quantitative estimate of drug-likeness (QED) is 0.832. The van der Waals surface area contributed by atoms with Crippen molar-refractivity contribution in [2.75, 3.05) is 24.3 Å². The third kappa shape index (κ3) is 4.32. The monoisotopic (exact) mass is 312 g/mol. The summed E-state index contributed by atoms with van der Waals surface area (Å²) in [6.07, 6.45) is 0. The van der Waals surface area contributed by atoms with Crippen molar-refractivity contribution in [2.24, 2.45) is 0 Å². The molecule has 0 atom stereocenters. The van der Waals surface area contributed by atoms with Crippen LogP contribution in [0.5, 0.6) is 0 Å². The van der Waals surface area contributed by atoms with E-state index in [0.29, 0.717) is 11.3 Å². The van der Waals surface area contributed by atoms with Gasteiger partial charge in [0.05, 0.1) is 19.2 Å². The molecule has 0 fully saturated rings. The molecule has 2 N–H and O–H groups in total. The lowest BCUT2D eigenvalue weighted by Crippen LogP contribution is -2.22. The summed E-state index contributed by atoms with van der Waals surface area (Å²) < 4.78 is 4.66. The number of esters is 1. The largest absolute Gasteiger partial charge is 0.465 e. The van der Waals surface area contributed by atoms with Gasteiger partial charge in [0.15, 0.2) is 0 Å². The number of ether oxygens (including phenoxy) is 1. The van der Waals surface area contributed by atoms with Crippen molar-refractivity contribution in [3.05, 3.63) is 59.2 Å². The summed E-state index contributed by atoms with van der Waals surface area (Å²) in [6.45, 7) is 4.18.